The Morgan fingerprint density at radius 2 is 2.00 bits per heavy atom. The van der Waals surface area contributed by atoms with E-state index in [2.05, 4.69) is 0 Å². The Labute approximate surface area is 107 Å². The summed E-state index contributed by atoms with van der Waals surface area (Å²) in [5.74, 6) is -0.489. The van der Waals surface area contributed by atoms with E-state index in [0.29, 0.717) is 17.8 Å². The smallest absolute Gasteiger partial charge is 0.254 e. The predicted molar refractivity (Wildman–Crippen MR) is 70.8 cm³/mol. The molecular weight excluding hydrogens is 230 g/mol. The third-order valence-corrected chi connectivity index (χ3v) is 2.35. The van der Waals surface area contributed by atoms with Crippen LogP contribution in [0.2, 0.25) is 0 Å². The molecular formula is C13H19N3O2. The maximum absolute atomic E-state index is 12.2. The van der Waals surface area contributed by atoms with E-state index < -0.39 is 5.91 Å². The van der Waals surface area contributed by atoms with E-state index in [1.807, 2.05) is 13.8 Å². The zero-order valence-electron chi connectivity index (χ0n) is 10.7. The third-order valence-electron chi connectivity index (χ3n) is 2.35. The molecule has 1 aromatic rings. The van der Waals surface area contributed by atoms with Crippen LogP contribution < -0.4 is 11.5 Å². The molecule has 0 saturated carbocycles. The standard InChI is InChI=1S/C13H19N3O2/c1-9(2)7-16(8-12(15)17)13(18)10-4-3-5-11(14)6-10/h3-6,9H,7-8,14H2,1-2H3,(H2,15,17). The number of anilines is 1. The van der Waals surface area contributed by atoms with Crippen molar-refractivity contribution in [2.24, 2.45) is 11.7 Å². The minimum absolute atomic E-state index is 0.0776. The largest absolute Gasteiger partial charge is 0.399 e. The fourth-order valence-electron chi connectivity index (χ4n) is 1.70. The van der Waals surface area contributed by atoms with Crippen molar-refractivity contribution in [3.05, 3.63) is 29.8 Å². The fraction of sp³-hybridized carbons (Fsp3) is 0.385. The fourth-order valence-corrected chi connectivity index (χ4v) is 1.70. The van der Waals surface area contributed by atoms with Gasteiger partial charge in [0.15, 0.2) is 0 Å². The molecule has 0 saturated heterocycles. The molecule has 0 aliphatic carbocycles. The highest BCUT2D eigenvalue weighted by Crippen LogP contribution is 2.11. The van der Waals surface area contributed by atoms with Crippen molar-refractivity contribution in [1.29, 1.82) is 0 Å². The van der Waals surface area contributed by atoms with Gasteiger partial charge in [-0.1, -0.05) is 19.9 Å². The molecule has 0 heterocycles. The number of carbonyl (C=O) groups excluding carboxylic acids is 2. The van der Waals surface area contributed by atoms with Gasteiger partial charge in [0, 0.05) is 17.8 Å². The van der Waals surface area contributed by atoms with Gasteiger partial charge in [-0.15, -0.1) is 0 Å². The Morgan fingerprint density at radius 1 is 1.33 bits per heavy atom. The molecule has 0 unspecified atom stereocenters. The summed E-state index contributed by atoms with van der Waals surface area (Å²) in [5, 5.41) is 0. The highest BCUT2D eigenvalue weighted by Gasteiger charge is 2.18. The third kappa shape index (κ3) is 4.08. The van der Waals surface area contributed by atoms with Gasteiger partial charge in [-0.2, -0.15) is 0 Å². The highest BCUT2D eigenvalue weighted by molar-refractivity contribution is 5.97. The van der Waals surface area contributed by atoms with Crippen LogP contribution in [0.3, 0.4) is 0 Å². The average molecular weight is 249 g/mol. The van der Waals surface area contributed by atoms with Gasteiger partial charge in [0.05, 0.1) is 6.54 Å². The summed E-state index contributed by atoms with van der Waals surface area (Å²) in [6.45, 7) is 4.35. The Hall–Kier alpha value is -2.04. The summed E-state index contributed by atoms with van der Waals surface area (Å²) < 4.78 is 0. The van der Waals surface area contributed by atoms with Crippen LogP contribution in [0.25, 0.3) is 0 Å². The van der Waals surface area contributed by atoms with Crippen LogP contribution in [-0.2, 0) is 4.79 Å². The van der Waals surface area contributed by atoms with Crippen molar-refractivity contribution < 1.29 is 9.59 Å². The molecule has 4 N–H and O–H groups in total. The first kappa shape index (κ1) is 14.0. The Morgan fingerprint density at radius 3 is 2.50 bits per heavy atom. The lowest BCUT2D eigenvalue weighted by Gasteiger charge is -2.23. The number of amides is 2. The molecule has 0 aliphatic heterocycles. The minimum Gasteiger partial charge on any atom is -0.399 e. The second-order valence-electron chi connectivity index (χ2n) is 4.67. The van der Waals surface area contributed by atoms with Crippen LogP contribution >= 0.6 is 0 Å². The van der Waals surface area contributed by atoms with Crippen molar-refractivity contribution in [2.45, 2.75) is 13.8 Å². The lowest BCUT2D eigenvalue weighted by Crippen LogP contribution is -2.40. The van der Waals surface area contributed by atoms with Gasteiger partial charge < -0.3 is 16.4 Å². The molecule has 0 radical (unpaired) electrons. The predicted octanol–water partition coefficient (Wildman–Crippen LogP) is 0.852. The van der Waals surface area contributed by atoms with Crippen LogP contribution in [0.5, 0.6) is 0 Å². The first-order valence-electron chi connectivity index (χ1n) is 5.83. The lowest BCUT2D eigenvalue weighted by molar-refractivity contribution is -0.118. The summed E-state index contributed by atoms with van der Waals surface area (Å²) in [5.41, 5.74) is 11.8. The van der Waals surface area contributed by atoms with Gasteiger partial charge in [0.25, 0.3) is 5.91 Å². The van der Waals surface area contributed by atoms with E-state index in [4.69, 9.17) is 11.5 Å². The zero-order chi connectivity index (χ0) is 13.7. The van der Waals surface area contributed by atoms with Crippen molar-refractivity contribution in [3.63, 3.8) is 0 Å². The molecule has 0 aliphatic rings. The molecule has 0 bridgehead atoms. The van der Waals surface area contributed by atoms with E-state index in [1.54, 1.807) is 24.3 Å². The molecule has 1 rings (SSSR count). The minimum atomic E-state index is -0.520. The molecule has 0 fully saturated rings. The number of carbonyl (C=O) groups is 2. The molecule has 2 amide bonds. The second-order valence-corrected chi connectivity index (χ2v) is 4.67. The highest BCUT2D eigenvalue weighted by atomic mass is 16.2. The SMILES string of the molecule is CC(C)CN(CC(N)=O)C(=O)c1cccc(N)c1. The number of primary amides is 1. The summed E-state index contributed by atoms with van der Waals surface area (Å²) >= 11 is 0. The van der Waals surface area contributed by atoms with E-state index in [9.17, 15) is 9.59 Å². The Bertz CT molecular complexity index is 444. The molecule has 5 heteroatoms. The van der Waals surface area contributed by atoms with Crippen LogP contribution in [-0.4, -0.2) is 29.8 Å². The zero-order valence-corrected chi connectivity index (χ0v) is 10.7. The second kappa shape index (κ2) is 6.05. The number of benzene rings is 1. The molecule has 1 aromatic carbocycles. The molecule has 0 spiro atoms. The summed E-state index contributed by atoms with van der Waals surface area (Å²) in [7, 11) is 0. The molecule has 18 heavy (non-hydrogen) atoms. The quantitative estimate of drug-likeness (QED) is 0.758. The molecule has 98 valence electrons. The number of rotatable bonds is 5. The van der Waals surface area contributed by atoms with Crippen molar-refractivity contribution in [1.82, 2.24) is 4.90 Å². The van der Waals surface area contributed by atoms with Crippen LogP contribution in [0.4, 0.5) is 5.69 Å². The first-order chi connectivity index (χ1) is 8.40. The van der Waals surface area contributed by atoms with Gasteiger partial charge in [-0.05, 0) is 24.1 Å². The number of nitrogens with two attached hydrogens (primary N) is 2. The van der Waals surface area contributed by atoms with Gasteiger partial charge in [-0.3, -0.25) is 9.59 Å². The van der Waals surface area contributed by atoms with Gasteiger partial charge >= 0.3 is 0 Å². The maximum Gasteiger partial charge on any atom is 0.254 e. The van der Waals surface area contributed by atoms with Crippen LogP contribution in [0, 0.1) is 5.92 Å². The summed E-state index contributed by atoms with van der Waals surface area (Å²) in [6, 6.07) is 6.68. The maximum atomic E-state index is 12.2. The molecule has 0 aromatic heterocycles. The molecule has 0 atom stereocenters. The van der Waals surface area contributed by atoms with Crippen molar-refractivity contribution >= 4 is 17.5 Å². The van der Waals surface area contributed by atoms with E-state index in [1.165, 1.54) is 4.90 Å². The van der Waals surface area contributed by atoms with Crippen LogP contribution in [0.1, 0.15) is 24.2 Å². The lowest BCUT2D eigenvalue weighted by atomic mass is 10.1. The Balaban J connectivity index is 2.90. The van der Waals surface area contributed by atoms with Gasteiger partial charge in [0.1, 0.15) is 0 Å². The van der Waals surface area contributed by atoms with Gasteiger partial charge in [0.2, 0.25) is 5.91 Å². The molecule has 5 nitrogen and oxygen atoms in total. The van der Waals surface area contributed by atoms with Gasteiger partial charge in [-0.25, -0.2) is 0 Å². The topological polar surface area (TPSA) is 89.4 Å². The average Bonchev–Trinajstić information content (AvgIpc) is 2.26. The number of hydrogen-bond donors (Lipinski definition) is 2. The number of nitrogen functional groups attached to an aromatic ring is 1. The normalized spacial score (nSPS) is 10.4. The summed E-state index contributed by atoms with van der Waals surface area (Å²) in [6.07, 6.45) is 0. The monoisotopic (exact) mass is 249 g/mol. The number of hydrogen-bond acceptors (Lipinski definition) is 3. The number of nitrogens with zero attached hydrogens (tertiary/aromatic N) is 1. The van der Waals surface area contributed by atoms with Crippen LogP contribution in [0.15, 0.2) is 24.3 Å². The van der Waals surface area contributed by atoms with E-state index in [-0.39, 0.29) is 18.4 Å². The first-order valence-corrected chi connectivity index (χ1v) is 5.83. The Kier molecular flexibility index (Phi) is 4.71. The van der Waals surface area contributed by atoms with E-state index in [0.717, 1.165) is 0 Å². The van der Waals surface area contributed by atoms with Crippen molar-refractivity contribution in [3.8, 4) is 0 Å². The van der Waals surface area contributed by atoms with E-state index >= 15 is 0 Å². The van der Waals surface area contributed by atoms with Crippen molar-refractivity contribution in [2.75, 3.05) is 18.8 Å². The summed E-state index contributed by atoms with van der Waals surface area (Å²) in [4.78, 5) is 24.7.